The van der Waals surface area contributed by atoms with E-state index in [0.717, 1.165) is 24.2 Å². The van der Waals surface area contributed by atoms with Crippen molar-refractivity contribution in [2.45, 2.75) is 25.8 Å². The Balaban J connectivity index is 1.76. The maximum absolute atomic E-state index is 13.3. The molecule has 2 saturated heterocycles. The minimum absolute atomic E-state index is 0.0755. The zero-order valence-electron chi connectivity index (χ0n) is 21.3. The van der Waals surface area contributed by atoms with Crippen LogP contribution in [-0.2, 0) is 14.3 Å². The number of nitrogens with zero attached hydrogens (tertiary/aromatic N) is 2. The van der Waals surface area contributed by atoms with E-state index < -0.39 is 17.7 Å². The number of ether oxygens (including phenoxy) is 3. The molecule has 0 unspecified atom stereocenters. The molecule has 2 aromatic carbocycles. The molecule has 2 heterocycles. The van der Waals surface area contributed by atoms with Crippen molar-refractivity contribution in [2.75, 3.05) is 53.6 Å². The van der Waals surface area contributed by atoms with Gasteiger partial charge >= 0.3 is 0 Å². The molecular formula is C28H34N2O6. The molecule has 0 aromatic heterocycles. The molecule has 8 nitrogen and oxygen atoms in total. The van der Waals surface area contributed by atoms with E-state index in [-0.39, 0.29) is 11.3 Å². The number of morpholine rings is 1. The van der Waals surface area contributed by atoms with Gasteiger partial charge in [0, 0.05) is 31.7 Å². The predicted octanol–water partition coefficient (Wildman–Crippen LogP) is 3.58. The highest BCUT2D eigenvalue weighted by Gasteiger charge is 2.46. The molecule has 2 fully saturated rings. The number of carbonyl (C=O) groups excluding carboxylic acids is 2. The standard InChI is InChI=1S/C28H34N2O6/c1-18(2)19-5-7-20(8-6-19)25-24(26(31)21-9-10-22(34-3)23(17-21)35-4)27(32)28(33)30(25)12-11-29-13-15-36-16-14-29/h5-10,17-18,25,31H,11-16H2,1-4H3/t25-/m1/s1. The first kappa shape index (κ1) is 25.7. The van der Waals surface area contributed by atoms with Crippen molar-refractivity contribution in [2.24, 2.45) is 0 Å². The van der Waals surface area contributed by atoms with Crippen molar-refractivity contribution < 1.29 is 28.9 Å². The first-order valence-corrected chi connectivity index (χ1v) is 12.3. The molecule has 4 rings (SSSR count). The topological polar surface area (TPSA) is 88.5 Å². The van der Waals surface area contributed by atoms with Crippen LogP contribution in [0.1, 0.15) is 42.5 Å². The van der Waals surface area contributed by atoms with Gasteiger partial charge in [-0.1, -0.05) is 38.1 Å². The van der Waals surface area contributed by atoms with E-state index in [2.05, 4.69) is 18.7 Å². The number of aliphatic hydroxyl groups excluding tert-OH is 1. The highest BCUT2D eigenvalue weighted by Crippen LogP contribution is 2.40. The molecule has 1 amide bonds. The van der Waals surface area contributed by atoms with E-state index in [0.29, 0.717) is 49.3 Å². The summed E-state index contributed by atoms with van der Waals surface area (Å²) in [5.41, 5.74) is 2.39. The average molecular weight is 495 g/mol. The largest absolute Gasteiger partial charge is 0.507 e. The molecule has 36 heavy (non-hydrogen) atoms. The molecule has 0 saturated carbocycles. The van der Waals surface area contributed by atoms with Gasteiger partial charge in [-0.15, -0.1) is 0 Å². The van der Waals surface area contributed by atoms with Crippen LogP contribution in [0.5, 0.6) is 11.5 Å². The van der Waals surface area contributed by atoms with Crippen LogP contribution in [0.3, 0.4) is 0 Å². The fraction of sp³-hybridized carbons (Fsp3) is 0.429. The maximum Gasteiger partial charge on any atom is 0.295 e. The summed E-state index contributed by atoms with van der Waals surface area (Å²) in [6, 6.07) is 12.1. The van der Waals surface area contributed by atoms with Crippen molar-refractivity contribution in [3.8, 4) is 11.5 Å². The monoisotopic (exact) mass is 494 g/mol. The lowest BCUT2D eigenvalue weighted by molar-refractivity contribution is -0.140. The van der Waals surface area contributed by atoms with Gasteiger partial charge in [-0.05, 0) is 35.2 Å². The number of amides is 1. The molecule has 0 bridgehead atoms. The van der Waals surface area contributed by atoms with Crippen LogP contribution in [-0.4, -0.2) is 80.2 Å². The molecule has 2 aliphatic heterocycles. The Bertz CT molecular complexity index is 1140. The molecule has 192 valence electrons. The third-order valence-electron chi connectivity index (χ3n) is 6.88. The normalized spacial score (nSPS) is 20.2. The second-order valence-corrected chi connectivity index (χ2v) is 9.34. The highest BCUT2D eigenvalue weighted by atomic mass is 16.5. The second-order valence-electron chi connectivity index (χ2n) is 9.34. The lowest BCUT2D eigenvalue weighted by Gasteiger charge is -2.31. The summed E-state index contributed by atoms with van der Waals surface area (Å²) in [4.78, 5) is 30.4. The Morgan fingerprint density at radius 2 is 1.67 bits per heavy atom. The molecule has 2 aliphatic rings. The Morgan fingerprint density at radius 1 is 1.00 bits per heavy atom. The summed E-state index contributed by atoms with van der Waals surface area (Å²) in [7, 11) is 3.03. The lowest BCUT2D eigenvalue weighted by atomic mass is 9.93. The lowest BCUT2D eigenvalue weighted by Crippen LogP contribution is -2.42. The van der Waals surface area contributed by atoms with Gasteiger partial charge < -0.3 is 24.2 Å². The van der Waals surface area contributed by atoms with Crippen LogP contribution in [0.25, 0.3) is 5.76 Å². The van der Waals surface area contributed by atoms with Gasteiger partial charge in [-0.3, -0.25) is 14.5 Å². The van der Waals surface area contributed by atoms with E-state index in [1.807, 2.05) is 24.3 Å². The summed E-state index contributed by atoms with van der Waals surface area (Å²) < 4.78 is 16.1. The van der Waals surface area contributed by atoms with Crippen LogP contribution in [0, 0.1) is 0 Å². The summed E-state index contributed by atoms with van der Waals surface area (Å²) >= 11 is 0. The van der Waals surface area contributed by atoms with Crippen molar-refractivity contribution in [1.29, 1.82) is 0 Å². The quantitative estimate of drug-likeness (QED) is 0.341. The number of likely N-dealkylation sites (tertiary alicyclic amines) is 1. The average Bonchev–Trinajstić information content (AvgIpc) is 3.16. The van der Waals surface area contributed by atoms with Crippen LogP contribution >= 0.6 is 0 Å². The number of hydrogen-bond acceptors (Lipinski definition) is 7. The van der Waals surface area contributed by atoms with E-state index in [1.165, 1.54) is 14.2 Å². The minimum atomic E-state index is -0.694. The van der Waals surface area contributed by atoms with Crippen LogP contribution in [0.15, 0.2) is 48.0 Å². The van der Waals surface area contributed by atoms with Crippen LogP contribution < -0.4 is 9.47 Å². The van der Waals surface area contributed by atoms with Crippen molar-refractivity contribution in [3.05, 3.63) is 64.7 Å². The Labute approximate surface area is 212 Å². The van der Waals surface area contributed by atoms with Gasteiger partial charge in [0.25, 0.3) is 11.7 Å². The predicted molar refractivity (Wildman–Crippen MR) is 136 cm³/mol. The number of rotatable bonds is 8. The molecule has 2 aromatic rings. The number of carbonyl (C=O) groups is 2. The summed E-state index contributed by atoms with van der Waals surface area (Å²) in [6.45, 7) is 8.07. The Morgan fingerprint density at radius 3 is 2.28 bits per heavy atom. The number of methoxy groups -OCH3 is 2. The summed E-state index contributed by atoms with van der Waals surface area (Å²) in [6.07, 6.45) is 0. The smallest absolute Gasteiger partial charge is 0.295 e. The minimum Gasteiger partial charge on any atom is -0.507 e. The number of aliphatic hydroxyl groups is 1. The molecular weight excluding hydrogens is 460 g/mol. The van der Waals surface area contributed by atoms with Gasteiger partial charge in [-0.2, -0.15) is 0 Å². The maximum atomic E-state index is 13.3. The second kappa shape index (κ2) is 11.1. The fourth-order valence-corrected chi connectivity index (χ4v) is 4.73. The number of benzene rings is 2. The first-order valence-electron chi connectivity index (χ1n) is 12.3. The zero-order valence-corrected chi connectivity index (χ0v) is 21.3. The van der Waals surface area contributed by atoms with E-state index >= 15 is 0 Å². The highest BCUT2D eigenvalue weighted by molar-refractivity contribution is 6.46. The van der Waals surface area contributed by atoms with Crippen LogP contribution in [0.2, 0.25) is 0 Å². The first-order chi connectivity index (χ1) is 17.3. The van der Waals surface area contributed by atoms with Gasteiger partial charge in [-0.25, -0.2) is 0 Å². The number of ketones is 1. The van der Waals surface area contributed by atoms with Crippen LogP contribution in [0.4, 0.5) is 0 Å². The molecule has 1 N–H and O–H groups in total. The van der Waals surface area contributed by atoms with Crippen molar-refractivity contribution in [3.63, 3.8) is 0 Å². The van der Waals surface area contributed by atoms with Crippen molar-refractivity contribution >= 4 is 17.4 Å². The van der Waals surface area contributed by atoms with Crippen molar-refractivity contribution in [1.82, 2.24) is 9.80 Å². The third-order valence-corrected chi connectivity index (χ3v) is 6.88. The fourth-order valence-electron chi connectivity index (χ4n) is 4.73. The zero-order chi connectivity index (χ0) is 25.8. The van der Waals surface area contributed by atoms with Gasteiger partial charge in [0.2, 0.25) is 0 Å². The Kier molecular flexibility index (Phi) is 7.96. The van der Waals surface area contributed by atoms with Gasteiger partial charge in [0.15, 0.2) is 11.5 Å². The summed E-state index contributed by atoms with van der Waals surface area (Å²) in [5, 5.41) is 11.4. The molecule has 8 heteroatoms. The van der Waals surface area contributed by atoms with E-state index in [9.17, 15) is 14.7 Å². The number of hydrogen-bond donors (Lipinski definition) is 1. The van der Waals surface area contributed by atoms with Gasteiger partial charge in [0.05, 0.1) is 39.0 Å². The Hall–Kier alpha value is -3.36. The molecule has 0 aliphatic carbocycles. The van der Waals surface area contributed by atoms with Gasteiger partial charge in [0.1, 0.15) is 5.76 Å². The molecule has 0 spiro atoms. The summed E-state index contributed by atoms with van der Waals surface area (Å²) in [5.74, 6) is -0.271. The molecule has 0 radical (unpaired) electrons. The molecule has 1 atom stereocenters. The van der Waals surface area contributed by atoms with E-state index in [4.69, 9.17) is 14.2 Å². The number of Topliss-reactive ketones (excluding diaryl/α,β-unsaturated/α-hetero) is 1. The van der Waals surface area contributed by atoms with E-state index in [1.54, 1.807) is 23.1 Å². The third kappa shape index (κ3) is 5.10. The SMILES string of the molecule is COc1ccc(C(O)=C2C(=O)C(=O)N(CCN3CCOCC3)[C@@H]2c2ccc(C(C)C)cc2)cc1OC.